The summed E-state index contributed by atoms with van der Waals surface area (Å²) in [6, 6.07) is 0. The molecule has 6 fully saturated rings. The molecule has 0 aromatic rings. The fourth-order valence-electron chi connectivity index (χ4n) is 9.65. The third kappa shape index (κ3) is 2.48. The van der Waals surface area contributed by atoms with Crippen LogP contribution in [0, 0.1) is 46.3 Å². The molecule has 4 aliphatic carbocycles. The van der Waals surface area contributed by atoms with Crippen LogP contribution in [0.1, 0.15) is 78.1 Å². The number of hydrogen-bond acceptors (Lipinski definition) is 6. The van der Waals surface area contributed by atoms with Gasteiger partial charge in [0.15, 0.2) is 0 Å². The Kier molecular flexibility index (Phi) is 4.19. The Morgan fingerprint density at radius 1 is 0.806 bits per heavy atom. The van der Waals surface area contributed by atoms with E-state index >= 15 is 0 Å². The topological polar surface area (TPSA) is 78.9 Å². The largest absolute Gasteiger partial charge is 0.465 e. The lowest BCUT2D eigenvalue weighted by Crippen LogP contribution is -2.64. The second-order valence-electron chi connectivity index (χ2n) is 11.7. The number of carbonyl (C=O) groups excluding carboxylic acids is 3. The van der Waals surface area contributed by atoms with Crippen molar-refractivity contribution in [3.8, 4) is 0 Å². The SMILES string of the molecule is C[C@]12CC[C@H]3[C@H](CCC4CCCC5(OC(=O)C(=O)O5)[C@@]43C)[C@H]1CC[C@@H]2[C@@H]1COC(=O)C1. The van der Waals surface area contributed by atoms with Crippen LogP contribution in [0.15, 0.2) is 0 Å². The standard InChI is InChI=1S/C25H34O6/c1-23-11-9-19-16(18(23)8-7-17(23)14-12-20(26)29-13-14)6-5-15-4-3-10-25(24(15,19)2)30-21(27)22(28)31-25/h14-19H,3-13H2,1-2H3/t14-,15?,16+,17+,18+,19-,23+,24-/m0/s1. The summed E-state index contributed by atoms with van der Waals surface area (Å²) in [5.74, 6) is 0.229. The van der Waals surface area contributed by atoms with Gasteiger partial charge in [-0.05, 0) is 86.4 Å². The van der Waals surface area contributed by atoms with Crippen molar-refractivity contribution in [3.05, 3.63) is 0 Å². The van der Waals surface area contributed by atoms with Gasteiger partial charge in [0.2, 0.25) is 0 Å². The number of esters is 3. The Morgan fingerprint density at radius 3 is 2.26 bits per heavy atom. The number of ether oxygens (including phenoxy) is 3. The zero-order valence-corrected chi connectivity index (χ0v) is 18.7. The molecule has 4 saturated carbocycles. The molecule has 170 valence electrons. The van der Waals surface area contributed by atoms with E-state index in [0.29, 0.717) is 55.0 Å². The van der Waals surface area contributed by atoms with Crippen LogP contribution in [0.2, 0.25) is 0 Å². The second-order valence-corrected chi connectivity index (χ2v) is 11.7. The molecule has 6 nitrogen and oxygen atoms in total. The van der Waals surface area contributed by atoms with Gasteiger partial charge in [-0.3, -0.25) is 4.79 Å². The van der Waals surface area contributed by atoms with Gasteiger partial charge >= 0.3 is 17.9 Å². The molecule has 2 saturated heterocycles. The monoisotopic (exact) mass is 430 g/mol. The summed E-state index contributed by atoms with van der Waals surface area (Å²) in [6.45, 7) is 5.32. The van der Waals surface area contributed by atoms with E-state index in [2.05, 4.69) is 13.8 Å². The average molecular weight is 431 g/mol. The van der Waals surface area contributed by atoms with Crippen molar-refractivity contribution in [2.24, 2.45) is 46.3 Å². The van der Waals surface area contributed by atoms with Crippen molar-refractivity contribution in [1.29, 1.82) is 0 Å². The molecular formula is C25H34O6. The van der Waals surface area contributed by atoms with Gasteiger partial charge in [0.05, 0.1) is 18.4 Å². The van der Waals surface area contributed by atoms with Gasteiger partial charge in [0.1, 0.15) is 0 Å². The van der Waals surface area contributed by atoms with Crippen molar-refractivity contribution in [2.45, 2.75) is 83.8 Å². The van der Waals surface area contributed by atoms with Crippen molar-refractivity contribution in [1.82, 2.24) is 0 Å². The first-order valence-electron chi connectivity index (χ1n) is 12.4. The lowest BCUT2D eigenvalue weighted by molar-refractivity contribution is -0.298. The summed E-state index contributed by atoms with van der Waals surface area (Å²) in [5.41, 5.74) is -0.0598. The normalized spacial score (nSPS) is 50.3. The fourth-order valence-corrected chi connectivity index (χ4v) is 9.65. The van der Waals surface area contributed by atoms with Crippen molar-refractivity contribution >= 4 is 17.9 Å². The van der Waals surface area contributed by atoms with Gasteiger partial charge < -0.3 is 14.2 Å². The third-order valence-electron chi connectivity index (χ3n) is 11.0. The predicted molar refractivity (Wildman–Crippen MR) is 109 cm³/mol. The highest BCUT2D eigenvalue weighted by atomic mass is 16.8. The van der Waals surface area contributed by atoms with Crippen LogP contribution in [-0.4, -0.2) is 30.3 Å². The minimum Gasteiger partial charge on any atom is -0.465 e. The number of rotatable bonds is 1. The molecule has 31 heavy (non-hydrogen) atoms. The molecule has 6 rings (SSSR count). The minimum absolute atomic E-state index is 0.0345. The van der Waals surface area contributed by atoms with E-state index in [1.807, 2.05) is 0 Å². The van der Waals surface area contributed by atoms with Gasteiger partial charge in [-0.2, -0.15) is 0 Å². The maximum atomic E-state index is 12.1. The molecule has 2 aliphatic heterocycles. The number of carbonyl (C=O) groups is 3. The first-order chi connectivity index (χ1) is 14.8. The lowest BCUT2D eigenvalue weighted by Gasteiger charge is -2.63. The highest BCUT2D eigenvalue weighted by Gasteiger charge is 2.71. The summed E-state index contributed by atoms with van der Waals surface area (Å²) in [6.07, 6.45) is 10.2. The highest BCUT2D eigenvalue weighted by molar-refractivity contribution is 6.31. The average Bonchev–Trinajstić information content (AvgIpc) is 3.39. The van der Waals surface area contributed by atoms with Crippen LogP contribution in [0.5, 0.6) is 0 Å². The van der Waals surface area contributed by atoms with E-state index < -0.39 is 17.7 Å². The predicted octanol–water partition coefficient (Wildman–Crippen LogP) is 4.00. The first kappa shape index (κ1) is 20.0. The molecule has 0 aromatic heterocycles. The molecule has 2 heterocycles. The van der Waals surface area contributed by atoms with Gasteiger partial charge in [-0.25, -0.2) is 9.59 Å². The van der Waals surface area contributed by atoms with E-state index in [0.717, 1.165) is 32.1 Å². The van der Waals surface area contributed by atoms with Crippen molar-refractivity contribution in [2.75, 3.05) is 6.61 Å². The summed E-state index contributed by atoms with van der Waals surface area (Å²) < 4.78 is 17.0. The van der Waals surface area contributed by atoms with E-state index in [4.69, 9.17) is 14.2 Å². The van der Waals surface area contributed by atoms with Crippen LogP contribution in [0.3, 0.4) is 0 Å². The molecule has 6 heteroatoms. The number of hydrogen-bond donors (Lipinski definition) is 0. The molecule has 1 unspecified atom stereocenters. The van der Waals surface area contributed by atoms with Gasteiger partial charge in [-0.1, -0.05) is 13.8 Å². The quantitative estimate of drug-likeness (QED) is 0.462. The van der Waals surface area contributed by atoms with Crippen molar-refractivity contribution in [3.63, 3.8) is 0 Å². The molecule has 6 aliphatic rings. The van der Waals surface area contributed by atoms with Gasteiger partial charge in [0.25, 0.3) is 5.79 Å². The van der Waals surface area contributed by atoms with E-state index in [1.54, 1.807) is 0 Å². The third-order valence-corrected chi connectivity index (χ3v) is 11.0. The fraction of sp³-hybridized carbons (Fsp3) is 0.880. The number of cyclic esters (lactones) is 1. The molecule has 8 atom stereocenters. The van der Waals surface area contributed by atoms with Crippen LogP contribution in [0.25, 0.3) is 0 Å². The maximum Gasteiger partial charge on any atom is 0.420 e. The smallest absolute Gasteiger partial charge is 0.420 e. The van der Waals surface area contributed by atoms with Crippen LogP contribution in [0.4, 0.5) is 0 Å². The van der Waals surface area contributed by atoms with Crippen LogP contribution >= 0.6 is 0 Å². The van der Waals surface area contributed by atoms with Gasteiger partial charge in [-0.15, -0.1) is 0 Å². The van der Waals surface area contributed by atoms with E-state index in [9.17, 15) is 14.4 Å². The molecule has 0 N–H and O–H groups in total. The first-order valence-corrected chi connectivity index (χ1v) is 12.4. The minimum atomic E-state index is -1.06. The van der Waals surface area contributed by atoms with E-state index in [-0.39, 0.29) is 16.8 Å². The lowest BCUT2D eigenvalue weighted by atomic mass is 9.43. The molecular weight excluding hydrogens is 396 g/mol. The summed E-state index contributed by atoms with van der Waals surface area (Å²) >= 11 is 0. The zero-order chi connectivity index (χ0) is 21.6. The molecule has 0 radical (unpaired) electrons. The molecule has 0 bridgehead atoms. The Balaban J connectivity index is 1.33. The van der Waals surface area contributed by atoms with Crippen LogP contribution < -0.4 is 0 Å². The summed E-state index contributed by atoms with van der Waals surface area (Å²) in [5, 5.41) is 0. The summed E-state index contributed by atoms with van der Waals surface area (Å²) in [4.78, 5) is 36.1. The van der Waals surface area contributed by atoms with Crippen molar-refractivity contribution < 1.29 is 28.6 Å². The Labute approximate surface area is 183 Å². The van der Waals surface area contributed by atoms with Gasteiger partial charge in [0, 0.05) is 12.3 Å². The van der Waals surface area contributed by atoms with E-state index in [1.165, 1.54) is 19.3 Å². The molecule has 1 spiro atoms. The Bertz CT molecular complexity index is 820. The number of fused-ring (bicyclic) bond motifs is 6. The Hall–Kier alpha value is -1.59. The highest BCUT2D eigenvalue weighted by Crippen LogP contribution is 2.71. The maximum absolute atomic E-state index is 12.1. The molecule has 0 aromatic carbocycles. The Morgan fingerprint density at radius 2 is 1.55 bits per heavy atom. The van der Waals surface area contributed by atoms with Crippen LogP contribution in [-0.2, 0) is 28.6 Å². The summed E-state index contributed by atoms with van der Waals surface area (Å²) in [7, 11) is 0. The molecule has 0 amide bonds. The second kappa shape index (κ2) is 6.48. The zero-order valence-electron chi connectivity index (χ0n) is 18.7.